The predicted octanol–water partition coefficient (Wildman–Crippen LogP) is 4.56. The third-order valence-corrected chi connectivity index (χ3v) is 6.99. The lowest BCUT2D eigenvalue weighted by molar-refractivity contribution is 0.0984. The Morgan fingerprint density at radius 2 is 1.87 bits per heavy atom. The second-order valence-corrected chi connectivity index (χ2v) is 10.5. The highest BCUT2D eigenvalue weighted by molar-refractivity contribution is 7.90. The number of benzene rings is 2. The Hall–Kier alpha value is -3.10. The molecule has 6 nitrogen and oxygen atoms in total. The molecule has 4 aromatic rings. The number of hydrogen-bond acceptors (Lipinski definition) is 6. The number of pyridine rings is 1. The van der Waals surface area contributed by atoms with Crippen molar-refractivity contribution in [2.75, 3.05) is 11.2 Å². The highest BCUT2D eigenvalue weighted by atomic mass is 32.2. The lowest BCUT2D eigenvalue weighted by Gasteiger charge is -2.20. The van der Waals surface area contributed by atoms with Crippen LogP contribution in [0.25, 0.3) is 10.2 Å². The SMILES string of the molecule is Cc1cc(C)c2nc(N(Cc3ccccn3)C(=O)c3cccc(S(C)(=O)=O)c3)sc2c1. The molecule has 2 heterocycles. The lowest BCUT2D eigenvalue weighted by Crippen LogP contribution is -2.30. The Balaban J connectivity index is 1.82. The molecule has 0 atom stereocenters. The van der Waals surface area contributed by atoms with Gasteiger partial charge in [0.25, 0.3) is 5.91 Å². The van der Waals surface area contributed by atoms with E-state index in [0.717, 1.165) is 27.6 Å². The summed E-state index contributed by atoms with van der Waals surface area (Å²) in [5, 5.41) is 0.545. The van der Waals surface area contributed by atoms with E-state index in [4.69, 9.17) is 4.98 Å². The number of anilines is 1. The molecule has 0 saturated heterocycles. The van der Waals surface area contributed by atoms with E-state index in [9.17, 15) is 13.2 Å². The molecule has 8 heteroatoms. The highest BCUT2D eigenvalue weighted by Crippen LogP contribution is 2.33. The summed E-state index contributed by atoms with van der Waals surface area (Å²) in [6.07, 6.45) is 2.80. The summed E-state index contributed by atoms with van der Waals surface area (Å²) in [5.74, 6) is -0.329. The number of thiazole rings is 1. The van der Waals surface area contributed by atoms with Crippen LogP contribution >= 0.6 is 11.3 Å². The fourth-order valence-corrected chi connectivity index (χ4v) is 5.18. The fraction of sp³-hybridized carbons (Fsp3) is 0.174. The lowest BCUT2D eigenvalue weighted by atomic mass is 10.1. The van der Waals surface area contributed by atoms with Crippen LogP contribution in [0.4, 0.5) is 5.13 Å². The molecule has 0 radical (unpaired) electrons. The van der Waals surface area contributed by atoms with Crippen molar-refractivity contribution in [1.82, 2.24) is 9.97 Å². The minimum Gasteiger partial charge on any atom is -0.278 e. The molecule has 0 aliphatic heterocycles. The van der Waals surface area contributed by atoms with Gasteiger partial charge >= 0.3 is 0 Å². The largest absolute Gasteiger partial charge is 0.278 e. The van der Waals surface area contributed by atoms with Gasteiger partial charge in [0.2, 0.25) is 0 Å². The van der Waals surface area contributed by atoms with Crippen LogP contribution in [-0.4, -0.2) is 30.5 Å². The van der Waals surface area contributed by atoms with Crippen molar-refractivity contribution in [3.8, 4) is 0 Å². The third kappa shape index (κ3) is 4.50. The molecule has 0 saturated carbocycles. The molecule has 0 spiro atoms. The molecule has 0 fully saturated rings. The van der Waals surface area contributed by atoms with E-state index < -0.39 is 9.84 Å². The second kappa shape index (κ2) is 8.20. The zero-order valence-corrected chi connectivity index (χ0v) is 19.0. The predicted molar refractivity (Wildman–Crippen MR) is 123 cm³/mol. The van der Waals surface area contributed by atoms with E-state index in [1.807, 2.05) is 32.0 Å². The van der Waals surface area contributed by atoms with Crippen LogP contribution in [0.5, 0.6) is 0 Å². The van der Waals surface area contributed by atoms with E-state index in [1.54, 1.807) is 23.2 Å². The van der Waals surface area contributed by atoms with Gasteiger partial charge in [-0.25, -0.2) is 13.4 Å². The first-order valence-corrected chi connectivity index (χ1v) is 12.3. The Bertz CT molecular complexity index is 1380. The molecular formula is C23H21N3O3S2. The van der Waals surface area contributed by atoms with Crippen LogP contribution in [0.15, 0.2) is 65.7 Å². The van der Waals surface area contributed by atoms with Gasteiger partial charge in [0.05, 0.1) is 27.4 Å². The molecular weight excluding hydrogens is 430 g/mol. The first kappa shape index (κ1) is 21.1. The van der Waals surface area contributed by atoms with Crippen molar-refractivity contribution < 1.29 is 13.2 Å². The summed E-state index contributed by atoms with van der Waals surface area (Å²) in [7, 11) is -3.44. The number of amides is 1. The standard InChI is InChI=1S/C23H21N3O3S2/c1-15-11-16(2)21-20(12-15)30-23(25-21)26(14-18-8-4-5-10-24-18)22(27)17-7-6-9-19(13-17)31(3,28)29/h4-13H,14H2,1-3H3. The number of carbonyl (C=O) groups is 1. The minimum absolute atomic E-state index is 0.104. The molecule has 31 heavy (non-hydrogen) atoms. The van der Waals surface area contributed by atoms with Crippen molar-refractivity contribution in [3.05, 3.63) is 83.2 Å². The number of nitrogens with zero attached hydrogens (tertiary/aromatic N) is 3. The zero-order valence-electron chi connectivity index (χ0n) is 17.4. The van der Waals surface area contributed by atoms with Crippen molar-refractivity contribution >= 4 is 42.4 Å². The van der Waals surface area contributed by atoms with E-state index in [0.29, 0.717) is 10.8 Å². The maximum atomic E-state index is 13.5. The molecule has 158 valence electrons. The van der Waals surface area contributed by atoms with Gasteiger partial charge < -0.3 is 0 Å². The third-order valence-electron chi connectivity index (χ3n) is 4.85. The van der Waals surface area contributed by atoms with Crippen LogP contribution in [0.1, 0.15) is 27.2 Å². The number of aromatic nitrogens is 2. The van der Waals surface area contributed by atoms with E-state index in [2.05, 4.69) is 17.1 Å². The number of aryl methyl sites for hydroxylation is 2. The fourth-order valence-electron chi connectivity index (χ4n) is 3.37. The smallest absolute Gasteiger partial charge is 0.260 e. The van der Waals surface area contributed by atoms with Crippen molar-refractivity contribution in [2.45, 2.75) is 25.3 Å². The quantitative estimate of drug-likeness (QED) is 0.444. The van der Waals surface area contributed by atoms with Crippen LogP contribution in [0.3, 0.4) is 0 Å². The first-order chi connectivity index (χ1) is 14.7. The van der Waals surface area contributed by atoms with Crippen molar-refractivity contribution in [1.29, 1.82) is 0 Å². The Morgan fingerprint density at radius 1 is 1.06 bits per heavy atom. The Morgan fingerprint density at radius 3 is 2.58 bits per heavy atom. The van der Waals surface area contributed by atoms with E-state index >= 15 is 0 Å². The minimum atomic E-state index is -3.44. The Labute approximate surface area is 185 Å². The van der Waals surface area contributed by atoms with Crippen LogP contribution in [0.2, 0.25) is 0 Å². The van der Waals surface area contributed by atoms with Gasteiger partial charge in [0, 0.05) is 18.0 Å². The summed E-state index contributed by atoms with van der Waals surface area (Å²) in [5.41, 5.74) is 4.02. The number of sulfone groups is 1. The van der Waals surface area contributed by atoms with Crippen LogP contribution in [0, 0.1) is 13.8 Å². The van der Waals surface area contributed by atoms with Gasteiger partial charge in [-0.1, -0.05) is 29.5 Å². The average molecular weight is 452 g/mol. The van der Waals surface area contributed by atoms with Gasteiger partial charge in [-0.2, -0.15) is 0 Å². The molecule has 2 aromatic carbocycles. The summed E-state index contributed by atoms with van der Waals surface area (Å²) >= 11 is 1.43. The number of fused-ring (bicyclic) bond motifs is 1. The molecule has 4 rings (SSSR count). The van der Waals surface area contributed by atoms with E-state index in [-0.39, 0.29) is 22.9 Å². The molecule has 2 aromatic heterocycles. The number of hydrogen-bond donors (Lipinski definition) is 0. The molecule has 0 unspecified atom stereocenters. The number of rotatable bonds is 5. The Kier molecular flexibility index (Phi) is 5.60. The summed E-state index contributed by atoms with van der Waals surface area (Å²) in [4.78, 5) is 24.3. The maximum Gasteiger partial charge on any atom is 0.260 e. The van der Waals surface area contributed by atoms with Crippen molar-refractivity contribution in [2.24, 2.45) is 0 Å². The average Bonchev–Trinajstić information content (AvgIpc) is 3.16. The first-order valence-electron chi connectivity index (χ1n) is 9.62. The van der Waals surface area contributed by atoms with Gasteiger partial charge in [-0.05, 0) is 61.4 Å². The molecule has 0 N–H and O–H groups in total. The maximum absolute atomic E-state index is 13.5. The van der Waals surface area contributed by atoms with Gasteiger partial charge in [0.1, 0.15) is 0 Å². The van der Waals surface area contributed by atoms with Gasteiger partial charge in [0.15, 0.2) is 15.0 Å². The van der Waals surface area contributed by atoms with Crippen molar-refractivity contribution in [3.63, 3.8) is 0 Å². The number of carbonyl (C=O) groups excluding carboxylic acids is 1. The molecule has 0 bridgehead atoms. The van der Waals surface area contributed by atoms with Gasteiger partial charge in [-0.3, -0.25) is 14.7 Å². The van der Waals surface area contributed by atoms with Crippen LogP contribution < -0.4 is 4.90 Å². The highest BCUT2D eigenvalue weighted by Gasteiger charge is 2.24. The molecule has 0 aliphatic carbocycles. The topological polar surface area (TPSA) is 80.2 Å². The monoisotopic (exact) mass is 451 g/mol. The van der Waals surface area contributed by atoms with Gasteiger partial charge in [-0.15, -0.1) is 0 Å². The molecule has 1 amide bonds. The molecule has 0 aliphatic rings. The zero-order chi connectivity index (χ0) is 22.2. The summed E-state index contributed by atoms with van der Waals surface area (Å²) in [6, 6.07) is 15.7. The summed E-state index contributed by atoms with van der Waals surface area (Å²) < 4.78 is 25.0. The second-order valence-electron chi connectivity index (χ2n) is 7.44. The van der Waals surface area contributed by atoms with E-state index in [1.165, 1.54) is 23.5 Å². The van der Waals surface area contributed by atoms with Crippen LogP contribution in [-0.2, 0) is 16.4 Å². The normalized spacial score (nSPS) is 11.6. The summed E-state index contributed by atoms with van der Waals surface area (Å²) in [6.45, 7) is 4.25.